The number of benzene rings is 2. The Balaban J connectivity index is 1.85. The molecule has 0 saturated carbocycles. The number of aryl methyl sites for hydroxylation is 1. The maximum atomic E-state index is 12.3. The first kappa shape index (κ1) is 20.5. The summed E-state index contributed by atoms with van der Waals surface area (Å²) < 4.78 is 5.15. The fourth-order valence-corrected chi connectivity index (χ4v) is 2.70. The summed E-state index contributed by atoms with van der Waals surface area (Å²) in [6, 6.07) is 15.0. The van der Waals surface area contributed by atoms with E-state index in [9.17, 15) is 9.59 Å². The van der Waals surface area contributed by atoms with Crippen LogP contribution in [0.5, 0.6) is 5.75 Å². The Morgan fingerprint density at radius 1 is 0.926 bits per heavy atom. The van der Waals surface area contributed by atoms with Crippen molar-refractivity contribution in [2.24, 2.45) is 0 Å². The minimum absolute atomic E-state index is 0.106. The molecule has 0 spiro atoms. The quantitative estimate of drug-likeness (QED) is 0.630. The molecule has 2 amide bonds. The number of nitrogens with one attached hydrogen (secondary N) is 3. The van der Waals surface area contributed by atoms with Gasteiger partial charge in [0.15, 0.2) is 13.1 Å². The number of carbonyl (C=O) groups is 2. The summed E-state index contributed by atoms with van der Waals surface area (Å²) in [4.78, 5) is 25.5. The molecule has 0 fully saturated rings. The molecule has 27 heavy (non-hydrogen) atoms. The molecule has 0 heterocycles. The minimum atomic E-state index is -0.139. The van der Waals surface area contributed by atoms with Crippen LogP contribution in [-0.2, 0) is 16.0 Å². The predicted molar refractivity (Wildman–Crippen MR) is 107 cm³/mol. The molecule has 6 nitrogen and oxygen atoms in total. The fourth-order valence-electron chi connectivity index (χ4n) is 2.70. The molecule has 1 unspecified atom stereocenters. The second-order valence-electron chi connectivity index (χ2n) is 6.34. The predicted octanol–water partition coefficient (Wildman–Crippen LogP) is 1.74. The second-order valence-corrected chi connectivity index (χ2v) is 6.34. The summed E-state index contributed by atoms with van der Waals surface area (Å²) in [5, 5.41) is 5.73. The van der Waals surface area contributed by atoms with Crippen LogP contribution in [0.4, 0.5) is 11.4 Å². The first-order chi connectivity index (χ1) is 13.0. The van der Waals surface area contributed by atoms with Gasteiger partial charge in [0.25, 0.3) is 11.8 Å². The number of likely N-dealkylation sites (N-methyl/N-ethyl adjacent to an activating group) is 1. The zero-order valence-electron chi connectivity index (χ0n) is 16.2. The Morgan fingerprint density at radius 2 is 1.56 bits per heavy atom. The van der Waals surface area contributed by atoms with Gasteiger partial charge in [-0.25, -0.2) is 0 Å². The van der Waals surface area contributed by atoms with Crippen molar-refractivity contribution in [3.63, 3.8) is 0 Å². The van der Waals surface area contributed by atoms with Crippen LogP contribution in [0, 0.1) is 0 Å². The highest BCUT2D eigenvalue weighted by atomic mass is 16.5. The Kier molecular flexibility index (Phi) is 7.82. The Bertz CT molecular complexity index is 760. The highest BCUT2D eigenvalue weighted by Gasteiger charge is 2.17. The molecular formula is C21H28N3O3+. The van der Waals surface area contributed by atoms with Gasteiger partial charge in [-0.15, -0.1) is 0 Å². The van der Waals surface area contributed by atoms with Crippen LogP contribution >= 0.6 is 0 Å². The first-order valence-corrected chi connectivity index (χ1v) is 9.20. The van der Waals surface area contributed by atoms with Gasteiger partial charge < -0.3 is 20.3 Å². The summed E-state index contributed by atoms with van der Waals surface area (Å²) in [6.45, 7) is 5.17. The van der Waals surface area contributed by atoms with Gasteiger partial charge in [0, 0.05) is 17.4 Å². The maximum Gasteiger partial charge on any atom is 0.279 e. The van der Waals surface area contributed by atoms with Crippen LogP contribution in [0.1, 0.15) is 19.4 Å². The van der Waals surface area contributed by atoms with E-state index in [4.69, 9.17) is 4.74 Å². The largest absolute Gasteiger partial charge is 0.497 e. The molecule has 0 bridgehead atoms. The van der Waals surface area contributed by atoms with Crippen molar-refractivity contribution in [2.45, 2.75) is 20.3 Å². The topological polar surface area (TPSA) is 71.9 Å². The molecule has 0 aliphatic rings. The summed E-state index contributed by atoms with van der Waals surface area (Å²) in [5.74, 6) is 0.437. The number of amides is 2. The standard InChI is InChI=1S/C21H27N3O3/c1-4-16-9-11-17(12-10-16)22-20(25)14-24(5-2)15-21(26)23-18-7-6-8-19(13-18)27-3/h6-13H,4-5,14-15H2,1-3H3,(H,22,25)(H,23,26)/p+1. The van der Waals surface area contributed by atoms with E-state index in [0.29, 0.717) is 18.0 Å². The summed E-state index contributed by atoms with van der Waals surface area (Å²) in [5.41, 5.74) is 2.67. The third kappa shape index (κ3) is 6.75. The molecule has 3 N–H and O–H groups in total. The minimum Gasteiger partial charge on any atom is -0.497 e. The van der Waals surface area contributed by atoms with Crippen LogP contribution in [0.3, 0.4) is 0 Å². The van der Waals surface area contributed by atoms with Crippen LogP contribution in [0.15, 0.2) is 48.5 Å². The molecule has 144 valence electrons. The molecule has 6 heteroatoms. The molecule has 2 rings (SSSR count). The zero-order chi connectivity index (χ0) is 19.6. The monoisotopic (exact) mass is 370 g/mol. The molecule has 0 aliphatic carbocycles. The van der Waals surface area contributed by atoms with Gasteiger partial charge in [-0.2, -0.15) is 0 Å². The number of anilines is 2. The van der Waals surface area contributed by atoms with E-state index < -0.39 is 0 Å². The number of hydrogen-bond acceptors (Lipinski definition) is 3. The van der Waals surface area contributed by atoms with Gasteiger partial charge in [-0.1, -0.05) is 25.1 Å². The van der Waals surface area contributed by atoms with Crippen molar-refractivity contribution in [1.82, 2.24) is 0 Å². The van der Waals surface area contributed by atoms with Gasteiger partial charge in [0.2, 0.25) is 0 Å². The molecule has 2 aromatic carbocycles. The highest BCUT2D eigenvalue weighted by molar-refractivity contribution is 5.93. The van der Waals surface area contributed by atoms with Crippen molar-refractivity contribution < 1.29 is 19.2 Å². The third-order valence-corrected chi connectivity index (χ3v) is 4.32. The van der Waals surface area contributed by atoms with Crippen molar-refractivity contribution in [3.8, 4) is 5.75 Å². The SMILES string of the molecule is CCc1ccc(NC(=O)C[NH+](CC)CC(=O)Nc2cccc(OC)c2)cc1. The molecule has 2 aromatic rings. The molecule has 0 radical (unpaired) electrons. The zero-order valence-corrected chi connectivity index (χ0v) is 16.2. The molecular weight excluding hydrogens is 342 g/mol. The average molecular weight is 370 g/mol. The summed E-state index contributed by atoms with van der Waals surface area (Å²) in [6.07, 6.45) is 0.963. The number of carbonyl (C=O) groups excluding carboxylic acids is 2. The molecule has 0 aliphatic heterocycles. The van der Waals surface area contributed by atoms with E-state index in [1.807, 2.05) is 43.3 Å². The Morgan fingerprint density at radius 3 is 2.11 bits per heavy atom. The van der Waals surface area contributed by atoms with Gasteiger partial charge >= 0.3 is 0 Å². The fraction of sp³-hybridized carbons (Fsp3) is 0.333. The third-order valence-electron chi connectivity index (χ3n) is 4.32. The van der Waals surface area contributed by atoms with Crippen LogP contribution in [0.2, 0.25) is 0 Å². The average Bonchev–Trinajstić information content (AvgIpc) is 2.68. The van der Waals surface area contributed by atoms with Crippen molar-refractivity contribution in [1.29, 1.82) is 0 Å². The highest BCUT2D eigenvalue weighted by Crippen LogP contribution is 2.16. The van der Waals surface area contributed by atoms with E-state index >= 15 is 0 Å². The number of hydrogen-bond donors (Lipinski definition) is 3. The number of quaternary nitrogens is 1. The smallest absolute Gasteiger partial charge is 0.279 e. The van der Waals surface area contributed by atoms with Crippen molar-refractivity contribution in [3.05, 3.63) is 54.1 Å². The van der Waals surface area contributed by atoms with Crippen molar-refractivity contribution >= 4 is 23.2 Å². The van der Waals surface area contributed by atoms with Crippen LogP contribution in [0.25, 0.3) is 0 Å². The van der Waals surface area contributed by atoms with Gasteiger partial charge in [0.1, 0.15) is 5.75 Å². The molecule has 0 aromatic heterocycles. The Labute approximate surface area is 160 Å². The van der Waals surface area contributed by atoms with E-state index in [0.717, 1.165) is 17.0 Å². The molecule has 0 saturated heterocycles. The normalized spacial score (nSPS) is 11.5. The van der Waals surface area contributed by atoms with E-state index in [2.05, 4.69) is 17.6 Å². The second kappa shape index (κ2) is 10.3. The van der Waals surface area contributed by atoms with E-state index in [1.54, 1.807) is 19.2 Å². The lowest BCUT2D eigenvalue weighted by atomic mass is 10.1. The lowest BCUT2D eigenvalue weighted by Crippen LogP contribution is -3.13. The van der Waals surface area contributed by atoms with Crippen LogP contribution < -0.4 is 20.3 Å². The van der Waals surface area contributed by atoms with Gasteiger partial charge in [0.05, 0.1) is 13.7 Å². The maximum absolute atomic E-state index is 12.3. The number of methoxy groups -OCH3 is 1. The van der Waals surface area contributed by atoms with Crippen molar-refractivity contribution in [2.75, 3.05) is 37.4 Å². The summed E-state index contributed by atoms with van der Waals surface area (Å²) >= 11 is 0. The lowest BCUT2D eigenvalue weighted by Gasteiger charge is -2.17. The van der Waals surface area contributed by atoms with Gasteiger partial charge in [-0.3, -0.25) is 9.59 Å². The summed E-state index contributed by atoms with van der Waals surface area (Å²) in [7, 11) is 1.58. The number of ether oxygens (including phenoxy) is 1. The van der Waals surface area contributed by atoms with Crippen LogP contribution in [-0.4, -0.2) is 38.6 Å². The number of rotatable bonds is 9. The lowest BCUT2D eigenvalue weighted by molar-refractivity contribution is -0.881. The van der Waals surface area contributed by atoms with Gasteiger partial charge in [-0.05, 0) is 43.2 Å². The van der Waals surface area contributed by atoms with E-state index in [1.165, 1.54) is 5.56 Å². The Hall–Kier alpha value is -2.86. The van der Waals surface area contributed by atoms with E-state index in [-0.39, 0.29) is 24.9 Å². The molecule has 1 atom stereocenters. The first-order valence-electron chi connectivity index (χ1n) is 9.20.